The summed E-state index contributed by atoms with van der Waals surface area (Å²) in [4.78, 5) is 5.05. The third kappa shape index (κ3) is 6.38. The number of rotatable bonds is 4. The van der Waals surface area contributed by atoms with E-state index >= 15 is 0 Å². The van der Waals surface area contributed by atoms with Crippen LogP contribution < -0.4 is 47.3 Å². The van der Waals surface area contributed by atoms with Crippen molar-refractivity contribution in [3.8, 4) is 39.4 Å². The maximum absolute atomic E-state index is 7.62. The molecule has 6 heteroatoms. The topological polar surface area (TPSA) is 20.6 Å². The van der Waals surface area contributed by atoms with Gasteiger partial charge in [0, 0.05) is 62.2 Å². The van der Waals surface area contributed by atoms with Crippen LogP contribution in [-0.4, -0.2) is 18.0 Å². The lowest BCUT2D eigenvalue weighted by Gasteiger charge is -2.43. The van der Waals surface area contributed by atoms with Gasteiger partial charge in [0.2, 0.25) is 0 Å². The highest BCUT2D eigenvalue weighted by atomic mass is 16.5. The van der Waals surface area contributed by atoms with E-state index in [-0.39, 0.29) is 13.4 Å². The summed E-state index contributed by atoms with van der Waals surface area (Å²) in [5.41, 5.74) is 34.4. The Hall–Kier alpha value is -8.47. The van der Waals surface area contributed by atoms with Gasteiger partial charge < -0.3 is 19.1 Å². The van der Waals surface area contributed by atoms with Crippen molar-refractivity contribution in [3.05, 3.63) is 220 Å². The molecule has 358 valence electrons. The average molecular weight is 964 g/mol. The first-order chi connectivity index (χ1) is 36.3. The van der Waals surface area contributed by atoms with E-state index in [1.54, 1.807) is 0 Å². The third-order valence-corrected chi connectivity index (χ3v) is 17.0. The Morgan fingerprint density at radius 3 is 1.52 bits per heavy atom. The smallest absolute Gasteiger partial charge is 0.256 e. The second kappa shape index (κ2) is 15.8. The Morgan fingerprint density at radius 2 is 0.840 bits per heavy atom. The fourth-order valence-corrected chi connectivity index (χ4v) is 13.5. The number of hydrogen-bond acceptors (Lipinski definition) is 3. The van der Waals surface area contributed by atoms with Gasteiger partial charge in [-0.1, -0.05) is 130 Å². The molecule has 11 aromatic rings. The van der Waals surface area contributed by atoms with Crippen molar-refractivity contribution in [2.75, 3.05) is 9.80 Å². The van der Waals surface area contributed by atoms with Gasteiger partial charge in [-0.05, 0) is 201 Å². The zero-order chi connectivity index (χ0) is 50.9. The van der Waals surface area contributed by atoms with Crippen LogP contribution in [0.5, 0.6) is 11.5 Å². The SMILES string of the molecule is Cc1ccc(N2c3ccc(C)cc3B3c4cc5c(cc4Oc4cc(-c6cc(C)ccc6C)cc2c43)N(c2ccc(C)cc2)c2cc(-c3cc(C)ccc3C)cc3c2B5c2cc(C)cc4c5cc(C)ccc5n-3c24)cc1. The number of fused-ring (bicyclic) bond motifs is 11. The molecule has 0 aliphatic carbocycles. The molecule has 75 heavy (non-hydrogen) atoms. The average Bonchev–Trinajstić information content (AvgIpc) is 3.97. The van der Waals surface area contributed by atoms with Crippen molar-refractivity contribution in [1.82, 2.24) is 4.57 Å². The van der Waals surface area contributed by atoms with Gasteiger partial charge >= 0.3 is 0 Å². The Bertz CT molecular complexity index is 4340. The summed E-state index contributed by atoms with van der Waals surface area (Å²) in [6.07, 6.45) is 0. The van der Waals surface area contributed by atoms with Crippen LogP contribution in [0.4, 0.5) is 34.1 Å². The fraction of sp³-hybridized carbons (Fsp3) is 0.130. The second-order valence-corrected chi connectivity index (χ2v) is 22.4. The maximum atomic E-state index is 7.62. The number of aromatic nitrogens is 1. The zero-order valence-corrected chi connectivity index (χ0v) is 44.1. The van der Waals surface area contributed by atoms with Crippen molar-refractivity contribution in [2.45, 2.75) is 62.3 Å². The van der Waals surface area contributed by atoms with Crippen LogP contribution in [0.25, 0.3) is 49.7 Å². The maximum Gasteiger partial charge on any atom is 0.256 e. The van der Waals surface area contributed by atoms with Gasteiger partial charge in [0.25, 0.3) is 13.4 Å². The van der Waals surface area contributed by atoms with Gasteiger partial charge in [-0.2, -0.15) is 0 Å². The Kier molecular flexibility index (Phi) is 9.26. The van der Waals surface area contributed by atoms with E-state index in [1.807, 2.05) is 0 Å². The molecule has 15 rings (SSSR count). The predicted octanol–water partition coefficient (Wildman–Crippen LogP) is 13.9. The van der Waals surface area contributed by atoms with E-state index in [2.05, 4.69) is 247 Å². The summed E-state index contributed by atoms with van der Waals surface area (Å²) < 4.78 is 10.2. The van der Waals surface area contributed by atoms with Crippen molar-refractivity contribution < 1.29 is 4.74 Å². The van der Waals surface area contributed by atoms with E-state index in [9.17, 15) is 0 Å². The summed E-state index contributed by atoms with van der Waals surface area (Å²) in [6, 6.07) is 65.6. The molecule has 4 aliphatic rings. The molecule has 0 bridgehead atoms. The molecule has 0 saturated carbocycles. The fourth-order valence-electron chi connectivity index (χ4n) is 13.5. The Labute approximate surface area is 440 Å². The summed E-state index contributed by atoms with van der Waals surface area (Å²) in [7, 11) is 0. The predicted molar refractivity (Wildman–Crippen MR) is 319 cm³/mol. The van der Waals surface area contributed by atoms with Crippen molar-refractivity contribution in [2.24, 2.45) is 0 Å². The molecule has 4 nitrogen and oxygen atoms in total. The first kappa shape index (κ1) is 44.1. The van der Waals surface area contributed by atoms with Crippen LogP contribution >= 0.6 is 0 Å². The number of aryl methyl sites for hydroxylation is 9. The van der Waals surface area contributed by atoms with E-state index in [1.165, 1.54) is 138 Å². The number of hydrogen-bond donors (Lipinski definition) is 0. The van der Waals surface area contributed by atoms with Crippen LogP contribution in [0.2, 0.25) is 0 Å². The minimum absolute atomic E-state index is 0.0675. The number of ether oxygens (including phenoxy) is 1. The van der Waals surface area contributed by atoms with Gasteiger partial charge in [0.05, 0.1) is 5.52 Å². The standard InChI is InChI=1S/C69H55B2N3O/c1-38-12-20-49(21-13-38)72-60-25-17-43(6)30-55(60)70-57-36-56-61(37-65(57)75-66-35-48(34-64(72)68(66)70)52-27-41(4)11-19-46(52)9)73(50-22-14-39(2)15-23-50)62-32-47(51-26-40(3)10-18-45(51)8)33-63-67(62)71(56)58-31-44(7)29-54-53-28-42(5)16-24-59(53)74(63)69(54)58/h10-37H,1-9H3. The summed E-state index contributed by atoms with van der Waals surface area (Å²) >= 11 is 0. The molecule has 1 aromatic heterocycles. The molecular formula is C69H55B2N3O. The van der Waals surface area contributed by atoms with Crippen molar-refractivity contribution in [3.63, 3.8) is 0 Å². The quantitative estimate of drug-likeness (QED) is 0.164. The molecular weight excluding hydrogens is 908 g/mol. The summed E-state index contributed by atoms with van der Waals surface area (Å²) in [5, 5.41) is 2.61. The van der Waals surface area contributed by atoms with Crippen LogP contribution in [0.1, 0.15) is 50.1 Å². The molecule has 0 spiro atoms. The number of nitrogens with zero attached hydrogens (tertiary/aromatic N) is 3. The molecule has 0 fully saturated rings. The minimum Gasteiger partial charge on any atom is -0.458 e. The molecule has 0 N–H and O–H groups in total. The molecule has 0 saturated heterocycles. The molecule has 4 aliphatic heterocycles. The Morgan fingerprint density at radius 1 is 0.333 bits per heavy atom. The summed E-state index contributed by atoms with van der Waals surface area (Å²) in [5.74, 6) is 1.80. The molecule has 5 heterocycles. The normalized spacial score (nSPS) is 13.4. The van der Waals surface area contributed by atoms with E-state index < -0.39 is 0 Å². The third-order valence-electron chi connectivity index (χ3n) is 17.0. The van der Waals surface area contributed by atoms with E-state index in [4.69, 9.17) is 4.74 Å². The molecule has 0 radical (unpaired) electrons. The van der Waals surface area contributed by atoms with Gasteiger partial charge in [-0.15, -0.1) is 0 Å². The highest BCUT2D eigenvalue weighted by molar-refractivity contribution is 7.02. The highest BCUT2D eigenvalue weighted by Gasteiger charge is 2.47. The van der Waals surface area contributed by atoms with Crippen molar-refractivity contribution in [1.29, 1.82) is 0 Å². The zero-order valence-electron chi connectivity index (χ0n) is 44.1. The van der Waals surface area contributed by atoms with Gasteiger partial charge in [0.15, 0.2) is 0 Å². The lowest BCUT2D eigenvalue weighted by Crippen LogP contribution is -2.64. The Balaban J connectivity index is 1.07. The minimum atomic E-state index is -0.0933. The highest BCUT2D eigenvalue weighted by Crippen LogP contribution is 2.48. The molecule has 0 unspecified atom stereocenters. The van der Waals surface area contributed by atoms with Gasteiger partial charge in [0.1, 0.15) is 11.5 Å². The number of benzene rings is 10. The molecule has 0 amide bonds. The lowest BCUT2D eigenvalue weighted by molar-refractivity contribution is 0.488. The van der Waals surface area contributed by atoms with Crippen LogP contribution in [-0.2, 0) is 0 Å². The van der Waals surface area contributed by atoms with Crippen molar-refractivity contribution >= 4 is 102 Å². The van der Waals surface area contributed by atoms with Crippen LogP contribution in [0, 0.1) is 62.3 Å². The number of anilines is 6. The van der Waals surface area contributed by atoms with E-state index in [0.717, 1.165) is 39.8 Å². The summed E-state index contributed by atoms with van der Waals surface area (Å²) in [6.45, 7) is 19.8. The van der Waals surface area contributed by atoms with Crippen LogP contribution in [0.3, 0.4) is 0 Å². The van der Waals surface area contributed by atoms with Gasteiger partial charge in [-0.25, -0.2) is 0 Å². The molecule has 10 aromatic carbocycles. The largest absolute Gasteiger partial charge is 0.458 e. The first-order valence-corrected chi connectivity index (χ1v) is 26.6. The first-order valence-electron chi connectivity index (χ1n) is 26.6. The second-order valence-electron chi connectivity index (χ2n) is 22.4. The van der Waals surface area contributed by atoms with Gasteiger partial charge in [-0.3, -0.25) is 0 Å². The monoisotopic (exact) mass is 963 g/mol. The molecule has 0 atom stereocenters. The van der Waals surface area contributed by atoms with E-state index in [0.29, 0.717) is 0 Å². The van der Waals surface area contributed by atoms with Crippen LogP contribution in [0.15, 0.2) is 170 Å². The lowest BCUT2D eigenvalue weighted by atomic mass is 9.30.